The lowest BCUT2D eigenvalue weighted by molar-refractivity contribution is 0.0592. The minimum Gasteiger partial charge on any atom is -0.381 e. The molecule has 0 aromatic carbocycles. The fourth-order valence-corrected chi connectivity index (χ4v) is 1.05. The van der Waals surface area contributed by atoms with Gasteiger partial charge in [-0.05, 0) is 20.4 Å². The second-order valence-electron chi connectivity index (χ2n) is 3.33. The van der Waals surface area contributed by atoms with Gasteiger partial charge in [-0.25, -0.2) is 0 Å². The molecule has 0 amide bonds. The molecule has 0 bridgehead atoms. The second kappa shape index (κ2) is 5.56. The van der Waals surface area contributed by atoms with Crippen molar-refractivity contribution in [3.05, 3.63) is 0 Å². The van der Waals surface area contributed by atoms with Crippen LogP contribution in [0.4, 0.5) is 0 Å². The maximum atomic E-state index is 5.40. The van der Waals surface area contributed by atoms with Gasteiger partial charge in [0.25, 0.3) is 0 Å². The quantitative estimate of drug-likeness (QED) is 0.636. The first-order valence-corrected chi connectivity index (χ1v) is 4.41. The van der Waals surface area contributed by atoms with Crippen molar-refractivity contribution in [3.8, 4) is 0 Å². The third-order valence-electron chi connectivity index (χ3n) is 2.11. The summed E-state index contributed by atoms with van der Waals surface area (Å²) >= 11 is 0. The molecular formula is C9H21NO. The highest BCUT2D eigenvalue weighted by Gasteiger charge is 2.20. The van der Waals surface area contributed by atoms with E-state index in [0.717, 1.165) is 26.2 Å². The van der Waals surface area contributed by atoms with Crippen molar-refractivity contribution in [1.82, 2.24) is 5.32 Å². The van der Waals surface area contributed by atoms with Crippen LogP contribution in [-0.4, -0.2) is 26.8 Å². The maximum Gasteiger partial charge on any atom is 0.0531 e. The van der Waals surface area contributed by atoms with Crippen LogP contribution >= 0.6 is 0 Å². The SMILES string of the molecule is CCOCC(C)(CC)CNC. The Kier molecular flexibility index (Phi) is 5.51. The van der Waals surface area contributed by atoms with E-state index >= 15 is 0 Å². The van der Waals surface area contributed by atoms with Gasteiger partial charge in [-0.1, -0.05) is 13.8 Å². The Labute approximate surface area is 70.3 Å². The summed E-state index contributed by atoms with van der Waals surface area (Å²) in [6.07, 6.45) is 1.16. The number of nitrogens with one attached hydrogen (secondary N) is 1. The van der Waals surface area contributed by atoms with Crippen molar-refractivity contribution in [2.24, 2.45) is 5.41 Å². The topological polar surface area (TPSA) is 21.3 Å². The molecule has 1 N–H and O–H groups in total. The van der Waals surface area contributed by atoms with E-state index in [1.807, 2.05) is 14.0 Å². The molecule has 0 rings (SSSR count). The Morgan fingerprint density at radius 2 is 2.00 bits per heavy atom. The predicted octanol–water partition coefficient (Wildman–Crippen LogP) is 1.66. The molecule has 0 aliphatic heterocycles. The highest BCUT2D eigenvalue weighted by Crippen LogP contribution is 2.19. The molecule has 1 atom stereocenters. The number of hydrogen-bond donors (Lipinski definition) is 1. The van der Waals surface area contributed by atoms with E-state index < -0.39 is 0 Å². The van der Waals surface area contributed by atoms with Crippen molar-refractivity contribution in [1.29, 1.82) is 0 Å². The molecule has 0 fully saturated rings. The third kappa shape index (κ3) is 4.38. The minimum atomic E-state index is 0.310. The Balaban J connectivity index is 3.68. The molecule has 11 heavy (non-hydrogen) atoms. The highest BCUT2D eigenvalue weighted by atomic mass is 16.5. The van der Waals surface area contributed by atoms with Gasteiger partial charge >= 0.3 is 0 Å². The molecular weight excluding hydrogens is 138 g/mol. The van der Waals surface area contributed by atoms with Crippen LogP contribution in [0.2, 0.25) is 0 Å². The summed E-state index contributed by atoms with van der Waals surface area (Å²) in [4.78, 5) is 0. The van der Waals surface area contributed by atoms with Gasteiger partial charge in [-0.3, -0.25) is 0 Å². The van der Waals surface area contributed by atoms with Crippen molar-refractivity contribution in [2.75, 3.05) is 26.8 Å². The second-order valence-corrected chi connectivity index (χ2v) is 3.33. The van der Waals surface area contributed by atoms with Gasteiger partial charge in [0, 0.05) is 18.6 Å². The molecule has 0 radical (unpaired) electrons. The number of hydrogen-bond acceptors (Lipinski definition) is 2. The van der Waals surface area contributed by atoms with Crippen LogP contribution in [0.5, 0.6) is 0 Å². The maximum absolute atomic E-state index is 5.40. The van der Waals surface area contributed by atoms with Crippen LogP contribution in [0, 0.1) is 5.41 Å². The van der Waals surface area contributed by atoms with Crippen LogP contribution in [0.25, 0.3) is 0 Å². The molecule has 0 aliphatic carbocycles. The normalized spacial score (nSPS) is 16.4. The summed E-state index contributed by atoms with van der Waals surface area (Å²) < 4.78 is 5.40. The van der Waals surface area contributed by atoms with Gasteiger partial charge in [0.05, 0.1) is 6.61 Å². The minimum absolute atomic E-state index is 0.310. The van der Waals surface area contributed by atoms with Crippen LogP contribution in [-0.2, 0) is 4.74 Å². The molecule has 0 aliphatic rings. The van der Waals surface area contributed by atoms with Gasteiger partial charge in [0.2, 0.25) is 0 Å². The predicted molar refractivity (Wildman–Crippen MR) is 48.8 cm³/mol. The van der Waals surface area contributed by atoms with Crippen molar-refractivity contribution < 1.29 is 4.74 Å². The summed E-state index contributed by atoms with van der Waals surface area (Å²) in [5.41, 5.74) is 0.310. The van der Waals surface area contributed by atoms with Crippen LogP contribution in [0.3, 0.4) is 0 Å². The van der Waals surface area contributed by atoms with Crippen molar-refractivity contribution >= 4 is 0 Å². The molecule has 68 valence electrons. The van der Waals surface area contributed by atoms with E-state index in [0.29, 0.717) is 5.41 Å². The van der Waals surface area contributed by atoms with Crippen LogP contribution in [0.15, 0.2) is 0 Å². The lowest BCUT2D eigenvalue weighted by atomic mass is 9.89. The van der Waals surface area contributed by atoms with Gasteiger partial charge in [-0.2, -0.15) is 0 Å². The lowest BCUT2D eigenvalue weighted by Gasteiger charge is -2.27. The Morgan fingerprint density at radius 1 is 1.36 bits per heavy atom. The van der Waals surface area contributed by atoms with E-state index in [4.69, 9.17) is 4.74 Å². The highest BCUT2D eigenvalue weighted by molar-refractivity contribution is 4.73. The first kappa shape index (κ1) is 10.9. The first-order valence-electron chi connectivity index (χ1n) is 4.41. The van der Waals surface area contributed by atoms with Gasteiger partial charge < -0.3 is 10.1 Å². The lowest BCUT2D eigenvalue weighted by Crippen LogP contribution is -2.33. The molecule has 2 nitrogen and oxygen atoms in total. The summed E-state index contributed by atoms with van der Waals surface area (Å²) in [7, 11) is 1.99. The summed E-state index contributed by atoms with van der Waals surface area (Å²) in [6, 6.07) is 0. The zero-order chi connectivity index (χ0) is 8.74. The molecule has 2 heteroatoms. The van der Waals surface area contributed by atoms with Crippen LogP contribution in [0.1, 0.15) is 27.2 Å². The van der Waals surface area contributed by atoms with Crippen molar-refractivity contribution in [2.45, 2.75) is 27.2 Å². The summed E-state index contributed by atoms with van der Waals surface area (Å²) in [5.74, 6) is 0. The zero-order valence-electron chi connectivity index (χ0n) is 8.24. The molecule has 0 aromatic rings. The standard InChI is InChI=1S/C9H21NO/c1-5-9(3,7-10-4)8-11-6-2/h10H,5-8H2,1-4H3. The van der Waals surface area contributed by atoms with E-state index in [2.05, 4.69) is 19.2 Å². The summed E-state index contributed by atoms with van der Waals surface area (Å²) in [5, 5.41) is 3.19. The molecule has 0 aromatic heterocycles. The Morgan fingerprint density at radius 3 is 2.36 bits per heavy atom. The molecule has 0 heterocycles. The summed E-state index contributed by atoms with van der Waals surface area (Å²) in [6.45, 7) is 9.20. The van der Waals surface area contributed by atoms with E-state index in [-0.39, 0.29) is 0 Å². The zero-order valence-corrected chi connectivity index (χ0v) is 8.24. The fraction of sp³-hybridized carbons (Fsp3) is 1.00. The van der Waals surface area contributed by atoms with Crippen LogP contribution < -0.4 is 5.32 Å². The fourth-order valence-electron chi connectivity index (χ4n) is 1.05. The average Bonchev–Trinajstić information content (AvgIpc) is 2.02. The van der Waals surface area contributed by atoms with Gasteiger partial charge in [0.1, 0.15) is 0 Å². The van der Waals surface area contributed by atoms with Gasteiger partial charge in [-0.15, -0.1) is 0 Å². The molecule has 0 saturated heterocycles. The average molecular weight is 159 g/mol. The van der Waals surface area contributed by atoms with E-state index in [1.54, 1.807) is 0 Å². The monoisotopic (exact) mass is 159 g/mol. The largest absolute Gasteiger partial charge is 0.381 e. The smallest absolute Gasteiger partial charge is 0.0531 e. The Hall–Kier alpha value is -0.0800. The number of ether oxygens (including phenoxy) is 1. The van der Waals surface area contributed by atoms with E-state index in [1.165, 1.54) is 0 Å². The van der Waals surface area contributed by atoms with E-state index in [9.17, 15) is 0 Å². The van der Waals surface area contributed by atoms with Crippen molar-refractivity contribution in [3.63, 3.8) is 0 Å². The molecule has 0 spiro atoms. The molecule has 1 unspecified atom stereocenters. The number of rotatable bonds is 6. The molecule has 0 saturated carbocycles. The van der Waals surface area contributed by atoms with Gasteiger partial charge in [0.15, 0.2) is 0 Å². The Bertz CT molecular complexity index is 95.6. The third-order valence-corrected chi connectivity index (χ3v) is 2.11. The first-order chi connectivity index (χ1) is 5.18.